The van der Waals surface area contributed by atoms with Gasteiger partial charge in [0.05, 0.1) is 12.7 Å². The molecular weight excluding hydrogens is 582 g/mol. The van der Waals surface area contributed by atoms with Gasteiger partial charge in [0.2, 0.25) is 0 Å². The van der Waals surface area contributed by atoms with Gasteiger partial charge in [-0.25, -0.2) is 29.7 Å². The Balaban J connectivity index is 2.06. The van der Waals surface area contributed by atoms with E-state index in [1.807, 2.05) is 5.32 Å². The van der Waals surface area contributed by atoms with Gasteiger partial charge < -0.3 is 29.0 Å². The summed E-state index contributed by atoms with van der Waals surface area (Å²) in [4.78, 5) is 58.6. The molecular formula is C25H43N7O8Si2. The molecule has 5 amide bonds. The van der Waals surface area contributed by atoms with Crippen molar-refractivity contribution in [1.29, 1.82) is 0 Å². The highest BCUT2D eigenvalue weighted by atomic mass is 28.4. The predicted octanol–water partition coefficient (Wildman–Crippen LogP) is 3.31. The van der Waals surface area contributed by atoms with Crippen molar-refractivity contribution < 1.29 is 32.7 Å². The Morgan fingerprint density at radius 3 is 2.12 bits per heavy atom. The number of nitrogens with two attached hydrogens (primary N) is 1. The van der Waals surface area contributed by atoms with E-state index in [2.05, 4.69) is 82.7 Å². The quantitative estimate of drug-likeness (QED) is 0.331. The van der Waals surface area contributed by atoms with Gasteiger partial charge in [0.1, 0.15) is 24.9 Å². The number of urea groups is 2. The summed E-state index contributed by atoms with van der Waals surface area (Å²) < 4.78 is 27.4. The first-order valence-electron chi connectivity index (χ1n) is 13.6. The van der Waals surface area contributed by atoms with E-state index in [-0.39, 0.29) is 22.2 Å². The number of nitrogens with zero attached hydrogens (tertiary/aromatic N) is 3. The van der Waals surface area contributed by atoms with Crippen molar-refractivity contribution in [2.75, 3.05) is 6.61 Å². The second kappa shape index (κ2) is 11.9. The number of hydrogen-bond acceptors (Lipinski definition) is 10. The molecule has 17 heteroatoms. The molecule has 1 saturated heterocycles. The van der Waals surface area contributed by atoms with E-state index >= 15 is 0 Å². The highest BCUT2D eigenvalue weighted by molar-refractivity contribution is 6.74. The molecule has 2 aromatic rings. The monoisotopic (exact) mass is 625 g/mol. The van der Waals surface area contributed by atoms with Crippen LogP contribution in [0.15, 0.2) is 17.4 Å². The molecule has 3 rings (SSSR count). The van der Waals surface area contributed by atoms with E-state index in [0.717, 1.165) is 0 Å². The smallest absolute Gasteiger partial charge is 0.415 e. The van der Waals surface area contributed by atoms with Gasteiger partial charge in [-0.2, -0.15) is 0 Å². The first-order valence-corrected chi connectivity index (χ1v) is 19.4. The lowest BCUT2D eigenvalue weighted by molar-refractivity contribution is -0.0512. The minimum Gasteiger partial charge on any atom is -0.446 e. The molecule has 234 valence electrons. The number of fused-ring (bicyclic) bond motifs is 1. The number of imide groups is 2. The molecule has 5 N–H and O–H groups in total. The highest BCUT2D eigenvalue weighted by Crippen LogP contribution is 2.46. The Kier molecular flexibility index (Phi) is 9.43. The lowest BCUT2D eigenvalue weighted by atomic mass is 10.1. The maximum Gasteiger partial charge on any atom is 0.415 e. The topological polar surface area (TPSA) is 202 Å². The summed E-state index contributed by atoms with van der Waals surface area (Å²) in [6.07, 6.45) is -1.47. The van der Waals surface area contributed by atoms with Crippen LogP contribution in [-0.2, 0) is 18.3 Å². The van der Waals surface area contributed by atoms with Crippen LogP contribution >= 0.6 is 0 Å². The van der Waals surface area contributed by atoms with Crippen LogP contribution in [0.3, 0.4) is 0 Å². The number of carbonyl (C=O) groups excluding carboxylic acids is 3. The molecule has 2 aromatic heterocycles. The molecule has 0 aromatic carbocycles. The van der Waals surface area contributed by atoms with Gasteiger partial charge in [-0.05, 0) is 36.3 Å². The molecule has 0 radical (unpaired) electrons. The summed E-state index contributed by atoms with van der Waals surface area (Å²) in [5, 5.41) is 3.25. The number of aromatic amines is 1. The number of hydrogen-bond donors (Lipinski definition) is 4. The van der Waals surface area contributed by atoms with E-state index in [9.17, 15) is 19.2 Å². The summed E-state index contributed by atoms with van der Waals surface area (Å²) in [5.41, 5.74) is 4.94. The fraction of sp³-hybridized carbons (Fsp3) is 0.680. The second-order valence-corrected chi connectivity index (χ2v) is 22.9. The van der Waals surface area contributed by atoms with E-state index in [4.69, 9.17) is 24.1 Å². The number of nitrogens with one attached hydrogen (secondary N) is 3. The zero-order valence-corrected chi connectivity index (χ0v) is 27.9. The number of primary amides is 1. The molecule has 0 bridgehead atoms. The summed E-state index contributed by atoms with van der Waals surface area (Å²) in [6.45, 7) is 20.7. The number of ether oxygens (including phenoxy) is 2. The zero-order valence-electron chi connectivity index (χ0n) is 25.9. The molecule has 1 aliphatic rings. The number of amides is 5. The van der Waals surface area contributed by atoms with Crippen molar-refractivity contribution in [2.24, 2.45) is 5.73 Å². The molecule has 1 aliphatic heterocycles. The molecule has 0 unspecified atom stereocenters. The van der Waals surface area contributed by atoms with Crippen LogP contribution in [-0.4, -0.2) is 79.2 Å². The third kappa shape index (κ3) is 7.26. The largest absolute Gasteiger partial charge is 0.446 e. The molecule has 3 heterocycles. The first kappa shape index (κ1) is 33.4. The number of alkyl carbamates (subject to hydrolysis) is 1. The average molecular weight is 626 g/mol. The van der Waals surface area contributed by atoms with Gasteiger partial charge in [0, 0.05) is 0 Å². The van der Waals surface area contributed by atoms with Crippen LogP contribution in [0.4, 0.5) is 14.4 Å². The van der Waals surface area contributed by atoms with Crippen molar-refractivity contribution in [1.82, 2.24) is 30.2 Å². The molecule has 1 fully saturated rings. The average Bonchev–Trinajstić information content (AvgIpc) is 3.38. The molecule has 4 atom stereocenters. The molecule has 0 aliphatic carbocycles. The minimum atomic E-state index is -2.46. The number of imidazole rings is 1. The van der Waals surface area contributed by atoms with Gasteiger partial charge >= 0.3 is 18.2 Å². The van der Waals surface area contributed by atoms with Crippen molar-refractivity contribution in [3.63, 3.8) is 0 Å². The van der Waals surface area contributed by atoms with Crippen LogP contribution in [0.25, 0.3) is 11.2 Å². The summed E-state index contributed by atoms with van der Waals surface area (Å²) >= 11 is 0. The third-order valence-corrected chi connectivity index (χ3v) is 17.2. The highest BCUT2D eigenvalue weighted by Gasteiger charge is 2.55. The number of rotatable bonds is 7. The van der Waals surface area contributed by atoms with Gasteiger partial charge in [-0.1, -0.05) is 41.5 Å². The molecule has 15 nitrogen and oxygen atoms in total. The van der Waals surface area contributed by atoms with Crippen LogP contribution < -0.4 is 21.9 Å². The first-order chi connectivity index (χ1) is 19.1. The SMILES string of the molecule is CC(C)(C)[Si](C)(C)O[C@@H]1[C@H](O[Si](C)(C)C(C)(C)C)[C@@H](COC(=O)NC(=O)NC(N)=O)O[C@H]1n1cnc2c(=O)[nH]cnc21. The maximum atomic E-state index is 12.4. The zero-order chi connectivity index (χ0) is 31.8. The normalized spacial score (nSPS) is 21.8. The Bertz CT molecular complexity index is 1380. The summed E-state index contributed by atoms with van der Waals surface area (Å²) in [7, 11) is -4.93. The lowest BCUT2D eigenvalue weighted by Gasteiger charge is -2.44. The van der Waals surface area contributed by atoms with E-state index < -0.39 is 64.9 Å². The number of carbonyl (C=O) groups is 3. The Hall–Kier alpha value is -3.13. The summed E-state index contributed by atoms with van der Waals surface area (Å²) in [5.74, 6) is 0. The maximum absolute atomic E-state index is 12.4. The Morgan fingerprint density at radius 1 is 1.00 bits per heavy atom. The number of H-pyrrole nitrogens is 1. The molecule has 0 spiro atoms. The Labute approximate surface area is 246 Å². The van der Waals surface area contributed by atoms with Crippen LogP contribution in [0.1, 0.15) is 47.8 Å². The van der Waals surface area contributed by atoms with Gasteiger partial charge in [-0.15, -0.1) is 0 Å². The summed E-state index contributed by atoms with van der Waals surface area (Å²) in [6, 6.07) is -2.26. The molecule has 0 saturated carbocycles. The fourth-order valence-corrected chi connectivity index (χ4v) is 6.45. The van der Waals surface area contributed by atoms with Gasteiger partial charge in [0.25, 0.3) is 5.56 Å². The standard InChI is InChI=1S/C25H43N7O8Si2/c1-24(2,3)41(7,8)39-16-14(11-37-23(36)31-22(35)30-21(26)34)38-20(17(16)40-42(9,10)25(4,5)6)32-13-29-15-18(32)27-12-28-19(15)33/h12-14,16-17,20H,11H2,1-10H3,(H,27,28,33)(H4,26,30,31,34,35,36)/t14-,16-,17-,20-/m1/s1. The minimum absolute atomic E-state index is 0.133. The van der Waals surface area contributed by atoms with Crippen LogP contribution in [0.2, 0.25) is 36.3 Å². The van der Waals surface area contributed by atoms with Crippen molar-refractivity contribution >= 4 is 46.0 Å². The van der Waals surface area contributed by atoms with E-state index in [1.54, 1.807) is 9.88 Å². The van der Waals surface area contributed by atoms with Crippen molar-refractivity contribution in [2.45, 2.75) is 102 Å². The van der Waals surface area contributed by atoms with Gasteiger partial charge in [0.15, 0.2) is 34.0 Å². The Morgan fingerprint density at radius 2 is 1.57 bits per heavy atom. The van der Waals surface area contributed by atoms with E-state index in [0.29, 0.717) is 5.65 Å². The van der Waals surface area contributed by atoms with Crippen molar-refractivity contribution in [3.8, 4) is 0 Å². The lowest BCUT2D eigenvalue weighted by Crippen LogP contribution is -2.54. The van der Waals surface area contributed by atoms with E-state index in [1.165, 1.54) is 12.7 Å². The van der Waals surface area contributed by atoms with Crippen molar-refractivity contribution in [3.05, 3.63) is 23.0 Å². The predicted molar refractivity (Wildman–Crippen MR) is 159 cm³/mol. The second-order valence-electron chi connectivity index (χ2n) is 13.3. The van der Waals surface area contributed by atoms with Gasteiger partial charge in [-0.3, -0.25) is 14.7 Å². The van der Waals surface area contributed by atoms with Crippen LogP contribution in [0.5, 0.6) is 0 Å². The van der Waals surface area contributed by atoms with Crippen LogP contribution in [0, 0.1) is 0 Å². The third-order valence-electron chi connectivity index (χ3n) is 8.23. The fourth-order valence-electron chi connectivity index (χ4n) is 3.85. The number of aromatic nitrogens is 4. The molecule has 42 heavy (non-hydrogen) atoms.